The summed E-state index contributed by atoms with van der Waals surface area (Å²) in [6.45, 7) is 28.6. The number of nitrogens with one attached hydrogen (secondary N) is 4. The number of ether oxygens (including phenoxy) is 6. The molecule has 3 aromatic rings. The van der Waals surface area contributed by atoms with Crippen LogP contribution < -0.4 is 35.5 Å². The van der Waals surface area contributed by atoms with Gasteiger partial charge in [0, 0.05) is 44.1 Å². The maximum Gasteiger partial charge on any atom is 0.411 e. The molecule has 0 aliphatic carbocycles. The Labute approximate surface area is 484 Å². The van der Waals surface area contributed by atoms with Crippen LogP contribution in [0.2, 0.25) is 18.1 Å². The molecule has 0 spiro atoms. The highest BCUT2D eigenvalue weighted by Crippen LogP contribution is 2.39. The van der Waals surface area contributed by atoms with E-state index >= 15 is 0 Å². The van der Waals surface area contributed by atoms with Crippen LogP contribution in [-0.4, -0.2) is 137 Å². The lowest BCUT2D eigenvalue weighted by molar-refractivity contribution is -0.129. The number of aryl methyl sites for hydroxylation is 1. The number of hydrogen-bond acceptors (Lipinski definition) is 14. The number of amides is 6. The molecule has 2 aliphatic rings. The van der Waals surface area contributed by atoms with Gasteiger partial charge in [0.05, 0.1) is 61.5 Å². The Bertz CT molecular complexity index is 2740. The lowest BCUT2D eigenvalue weighted by atomic mass is 10.0. The third kappa shape index (κ3) is 18.3. The number of methoxy groups -OCH3 is 1. The predicted molar refractivity (Wildman–Crippen MR) is 316 cm³/mol. The molecule has 2 saturated heterocycles. The molecular weight excluding hydrogens is 1070 g/mol. The molecule has 4 N–H and O–H groups in total. The van der Waals surface area contributed by atoms with E-state index in [4.69, 9.17) is 32.8 Å². The van der Waals surface area contributed by atoms with Crippen molar-refractivity contribution >= 4 is 61.5 Å². The maximum atomic E-state index is 14.6. The Kier molecular flexibility index (Phi) is 24.4. The van der Waals surface area contributed by atoms with Gasteiger partial charge in [-0.25, -0.2) is 14.4 Å². The molecule has 2 heterocycles. The van der Waals surface area contributed by atoms with E-state index in [0.717, 1.165) is 32.1 Å². The van der Waals surface area contributed by atoms with Gasteiger partial charge in [0.1, 0.15) is 31.6 Å². The Hall–Kier alpha value is -7.39. The van der Waals surface area contributed by atoms with Crippen LogP contribution in [0.25, 0.3) is 0 Å². The molecule has 2 aliphatic heterocycles. The van der Waals surface area contributed by atoms with Crippen molar-refractivity contribution in [3.63, 3.8) is 0 Å². The fourth-order valence-corrected chi connectivity index (χ4v) is 10.2. The Balaban J connectivity index is 1.28. The van der Waals surface area contributed by atoms with E-state index in [1.807, 2.05) is 23.6 Å². The maximum absolute atomic E-state index is 14.6. The van der Waals surface area contributed by atoms with Crippen LogP contribution in [0.5, 0.6) is 17.2 Å². The van der Waals surface area contributed by atoms with Gasteiger partial charge in [-0.1, -0.05) is 91.1 Å². The fourth-order valence-electron chi connectivity index (χ4n) is 9.20. The number of anilines is 2. The molecule has 3 aromatic carbocycles. The molecule has 0 bridgehead atoms. The van der Waals surface area contributed by atoms with E-state index in [0.29, 0.717) is 54.3 Å². The molecule has 20 nitrogen and oxygen atoms in total. The second-order valence-corrected chi connectivity index (χ2v) is 27.3. The number of benzene rings is 3. The first-order valence-corrected chi connectivity index (χ1v) is 31.1. The van der Waals surface area contributed by atoms with Gasteiger partial charge >= 0.3 is 18.3 Å². The number of ketones is 1. The molecule has 82 heavy (non-hydrogen) atoms. The summed E-state index contributed by atoms with van der Waals surface area (Å²) in [4.78, 5) is 97.0. The molecule has 0 saturated carbocycles. The monoisotopic (exact) mass is 1150 g/mol. The molecule has 5 rings (SSSR count). The lowest BCUT2D eigenvalue weighted by Gasteiger charge is -2.38. The number of Topliss-reactive ketones (excluding diaryl/α,β-unsaturated/α-hetero) is 1. The second kappa shape index (κ2) is 30.6. The Morgan fingerprint density at radius 2 is 1.26 bits per heavy atom. The van der Waals surface area contributed by atoms with Gasteiger partial charge in [-0.2, -0.15) is 0 Å². The van der Waals surface area contributed by atoms with E-state index in [1.165, 1.54) is 19.3 Å². The van der Waals surface area contributed by atoms with E-state index < -0.39 is 44.6 Å². The number of likely N-dealkylation sites (tertiary alicyclic amines) is 2. The van der Waals surface area contributed by atoms with Crippen molar-refractivity contribution in [2.24, 2.45) is 5.92 Å². The van der Waals surface area contributed by atoms with Crippen molar-refractivity contribution in [1.82, 2.24) is 20.4 Å². The van der Waals surface area contributed by atoms with E-state index in [9.17, 15) is 33.6 Å². The molecule has 0 radical (unpaired) electrons. The molecule has 4 atom stereocenters. The standard InChI is InChI=1S/C61H86N6O14Si/c1-14-28-78-58(72)63-49-36-53(52(75-11)34-47(49)57(71)66-26-17-20-44(66)16-3)77-31-19-30-76-51-35-48(46(32-40(51)6)56(70)67-27-18-21-45(67)38-81-82(12,13)61(8,9)10)64-59(73)80-37-43-24-22-42(23-25-43)33-50(68)41(7)62-55(69)54(39(4)5)65-60(74)79-29-15-2/h14-15,22-25,32,34-36,39,41,44-45,54H,1-2,16-21,26-31,33,37-38H2,3-13H3,(H,62,69)(H,63,72)(H,64,73)(H,65,74)/t41-,44+,45-,54-/m0/s1. The molecular formula is C61H86N6O14Si. The van der Waals surface area contributed by atoms with Crippen molar-refractivity contribution in [2.45, 2.75) is 149 Å². The second-order valence-electron chi connectivity index (χ2n) is 22.5. The summed E-state index contributed by atoms with van der Waals surface area (Å²) in [5.74, 6) is -0.599. The van der Waals surface area contributed by atoms with Crippen molar-refractivity contribution < 1.29 is 66.4 Å². The van der Waals surface area contributed by atoms with Crippen LogP contribution in [0.1, 0.15) is 124 Å². The smallest absolute Gasteiger partial charge is 0.411 e. The van der Waals surface area contributed by atoms with Crippen LogP contribution in [-0.2, 0) is 41.3 Å². The highest BCUT2D eigenvalue weighted by Gasteiger charge is 2.40. The third-order valence-corrected chi connectivity index (χ3v) is 19.5. The summed E-state index contributed by atoms with van der Waals surface area (Å²) in [5.41, 5.74) is 2.82. The van der Waals surface area contributed by atoms with Crippen LogP contribution in [0.15, 0.2) is 73.8 Å². The van der Waals surface area contributed by atoms with Gasteiger partial charge in [-0.3, -0.25) is 29.8 Å². The molecule has 2 fully saturated rings. The van der Waals surface area contributed by atoms with Crippen molar-refractivity contribution in [3.8, 4) is 17.2 Å². The van der Waals surface area contributed by atoms with Gasteiger partial charge in [-0.15, -0.1) is 0 Å². The Morgan fingerprint density at radius 3 is 1.83 bits per heavy atom. The van der Waals surface area contributed by atoms with E-state index in [1.54, 1.807) is 69.3 Å². The summed E-state index contributed by atoms with van der Waals surface area (Å²) < 4.78 is 40.6. The zero-order valence-electron chi connectivity index (χ0n) is 49.8. The van der Waals surface area contributed by atoms with Gasteiger partial charge in [0.25, 0.3) is 11.8 Å². The zero-order valence-corrected chi connectivity index (χ0v) is 50.8. The third-order valence-electron chi connectivity index (χ3n) is 15.0. The number of carbonyl (C=O) groups is 7. The largest absolute Gasteiger partial charge is 0.493 e. The average molecular weight is 1160 g/mol. The molecule has 6 amide bonds. The van der Waals surface area contributed by atoms with Gasteiger partial charge in [0.15, 0.2) is 25.6 Å². The van der Waals surface area contributed by atoms with Crippen LogP contribution in [0, 0.1) is 12.8 Å². The average Bonchev–Trinajstić information content (AvgIpc) is 4.20. The minimum absolute atomic E-state index is 0.00530. The number of alkyl carbamates (subject to hydrolysis) is 1. The predicted octanol–water partition coefficient (Wildman–Crippen LogP) is 10.5. The summed E-state index contributed by atoms with van der Waals surface area (Å²) in [6.07, 6.45) is 5.00. The number of rotatable bonds is 28. The normalized spacial score (nSPS) is 15.9. The Morgan fingerprint density at radius 1 is 0.720 bits per heavy atom. The first-order valence-electron chi connectivity index (χ1n) is 28.2. The summed E-state index contributed by atoms with van der Waals surface area (Å²) in [7, 11) is -0.663. The van der Waals surface area contributed by atoms with Gasteiger partial charge < -0.3 is 53.3 Å². The summed E-state index contributed by atoms with van der Waals surface area (Å²) in [5, 5.41) is 10.7. The first-order chi connectivity index (χ1) is 38.9. The summed E-state index contributed by atoms with van der Waals surface area (Å²) >= 11 is 0. The fraction of sp³-hybridized carbons (Fsp3) is 0.525. The van der Waals surface area contributed by atoms with Crippen molar-refractivity contribution in [3.05, 3.63) is 102 Å². The topological polar surface area (TPSA) is 239 Å². The van der Waals surface area contributed by atoms with Gasteiger partial charge in [0.2, 0.25) is 5.91 Å². The molecule has 21 heteroatoms. The zero-order chi connectivity index (χ0) is 60.3. The first kappa shape index (κ1) is 65.4. The number of hydrogen-bond donors (Lipinski definition) is 4. The van der Waals surface area contributed by atoms with Gasteiger partial charge in [-0.05, 0) is 98.8 Å². The molecule has 0 unspecified atom stereocenters. The summed E-state index contributed by atoms with van der Waals surface area (Å²) in [6, 6.07) is 11.5. The van der Waals surface area contributed by atoms with Crippen molar-refractivity contribution in [1.29, 1.82) is 0 Å². The highest BCUT2D eigenvalue weighted by molar-refractivity contribution is 6.74. The number of nitrogens with zero attached hydrogens (tertiary/aromatic N) is 2. The van der Waals surface area contributed by atoms with Crippen LogP contribution in [0.4, 0.5) is 25.8 Å². The minimum Gasteiger partial charge on any atom is -0.493 e. The van der Waals surface area contributed by atoms with E-state index in [2.05, 4.69) is 68.3 Å². The van der Waals surface area contributed by atoms with Crippen molar-refractivity contribution in [2.75, 3.05) is 63.9 Å². The number of carbonyl (C=O) groups excluding carboxylic acids is 7. The van der Waals surface area contributed by atoms with E-state index in [-0.39, 0.29) is 108 Å². The quantitative estimate of drug-likeness (QED) is 0.0229. The molecule has 448 valence electrons. The minimum atomic E-state index is -2.13. The SMILES string of the molecule is C=CCOC(=O)Nc1cc(OCCCOc2cc(NC(=O)OCc3ccc(CC(=O)[C@H](C)NC(=O)[C@@H](NC(=O)OCC=C)C(C)C)cc3)c(C(=O)N3CCC[C@H]3CO[Si](C)(C)C(C)(C)C)cc2C)c(OC)cc1C(=O)N1CCC[C@H]1CC. The van der Waals surface area contributed by atoms with Crippen LogP contribution >= 0.6 is 0 Å². The van der Waals surface area contributed by atoms with Crippen LogP contribution in [0.3, 0.4) is 0 Å². The molecule has 0 aromatic heterocycles. The lowest BCUT2D eigenvalue weighted by Crippen LogP contribution is -2.53. The highest BCUT2D eigenvalue weighted by atomic mass is 28.4.